The molecule has 9 heteroatoms. The molecule has 1 aliphatic rings. The summed E-state index contributed by atoms with van der Waals surface area (Å²) in [5, 5.41) is 10.1. The fourth-order valence-electron chi connectivity index (χ4n) is 3.97. The normalized spacial score (nSPS) is 15.4. The van der Waals surface area contributed by atoms with Gasteiger partial charge in [-0.2, -0.15) is 0 Å². The molecule has 0 saturated heterocycles. The number of rotatable bonds is 7. The number of esters is 1. The molecule has 1 aliphatic heterocycles. The van der Waals surface area contributed by atoms with E-state index in [1.807, 2.05) is 31.2 Å². The van der Waals surface area contributed by atoms with Gasteiger partial charge in [0.05, 0.1) is 42.2 Å². The zero-order valence-corrected chi connectivity index (χ0v) is 20.7. The van der Waals surface area contributed by atoms with Crippen molar-refractivity contribution in [2.75, 3.05) is 20.3 Å². The van der Waals surface area contributed by atoms with Crippen LogP contribution >= 0.6 is 11.3 Å². The third-order valence-electron chi connectivity index (χ3n) is 5.52. The lowest BCUT2D eigenvalue weighted by atomic mass is 9.96. The van der Waals surface area contributed by atoms with Gasteiger partial charge in [0, 0.05) is 0 Å². The van der Waals surface area contributed by atoms with Gasteiger partial charge in [0.15, 0.2) is 16.3 Å². The van der Waals surface area contributed by atoms with Crippen LogP contribution in [0.3, 0.4) is 0 Å². The number of carbonyl (C=O) groups excluding carboxylic acids is 1. The second-order valence-electron chi connectivity index (χ2n) is 7.74. The van der Waals surface area contributed by atoms with Crippen molar-refractivity contribution < 1.29 is 24.1 Å². The molecule has 0 spiro atoms. The highest BCUT2D eigenvalue weighted by Gasteiger charge is 2.33. The van der Waals surface area contributed by atoms with E-state index in [9.17, 15) is 14.7 Å². The molecule has 1 N–H and O–H groups in total. The molecule has 1 aromatic heterocycles. The molecule has 0 unspecified atom stereocenters. The minimum atomic E-state index is -0.701. The van der Waals surface area contributed by atoms with E-state index in [1.54, 1.807) is 32.1 Å². The van der Waals surface area contributed by atoms with Crippen molar-refractivity contribution in [3.05, 3.63) is 84.5 Å². The minimum Gasteiger partial charge on any atom is -0.504 e. The Morgan fingerprint density at radius 2 is 1.91 bits per heavy atom. The number of ether oxygens (including phenoxy) is 3. The third-order valence-corrected chi connectivity index (χ3v) is 6.51. The average Bonchev–Trinajstić information content (AvgIpc) is 3.13. The van der Waals surface area contributed by atoms with Crippen LogP contribution in [0.15, 0.2) is 63.5 Å². The molecular formula is C26H26N2O6S. The lowest BCUT2D eigenvalue weighted by Gasteiger charge is -2.24. The highest BCUT2D eigenvalue weighted by atomic mass is 32.1. The van der Waals surface area contributed by atoms with E-state index >= 15 is 0 Å². The molecular weight excluding hydrogens is 468 g/mol. The van der Waals surface area contributed by atoms with Gasteiger partial charge in [0.2, 0.25) is 0 Å². The zero-order chi connectivity index (χ0) is 25.1. The van der Waals surface area contributed by atoms with E-state index in [4.69, 9.17) is 14.2 Å². The van der Waals surface area contributed by atoms with Crippen molar-refractivity contribution in [2.45, 2.75) is 26.8 Å². The molecule has 0 bridgehead atoms. The number of phenols is 1. The molecule has 0 aliphatic carbocycles. The number of aromatic nitrogens is 1. The molecule has 0 fully saturated rings. The van der Waals surface area contributed by atoms with Gasteiger partial charge < -0.3 is 19.3 Å². The number of nitrogens with zero attached hydrogens (tertiary/aromatic N) is 2. The molecule has 2 aromatic carbocycles. The van der Waals surface area contributed by atoms with E-state index in [-0.39, 0.29) is 17.9 Å². The van der Waals surface area contributed by atoms with E-state index in [0.29, 0.717) is 44.3 Å². The van der Waals surface area contributed by atoms with Gasteiger partial charge in [-0.1, -0.05) is 29.5 Å². The lowest BCUT2D eigenvalue weighted by molar-refractivity contribution is -0.139. The Hall–Kier alpha value is -3.85. The molecule has 0 saturated carbocycles. The second kappa shape index (κ2) is 10.2. The van der Waals surface area contributed by atoms with Crippen LogP contribution in [-0.4, -0.2) is 36.0 Å². The summed E-state index contributed by atoms with van der Waals surface area (Å²) in [7, 11) is 1.47. The molecule has 0 radical (unpaired) electrons. The molecule has 35 heavy (non-hydrogen) atoms. The number of hydrogen-bond donors (Lipinski definition) is 1. The molecule has 0 amide bonds. The van der Waals surface area contributed by atoms with Crippen LogP contribution in [0.4, 0.5) is 0 Å². The largest absolute Gasteiger partial charge is 0.504 e. The standard InChI is InChI=1S/C26H26N2O6S/c1-5-33-18-10-8-17(9-11-18)23-22(25(31)34-6-2)15(3)27-26-28(23)24(30)21(35-26)14-16-7-12-20(32-4)19(29)13-16/h7-14,23,29H,5-6H2,1-4H3/b21-14-/t23-/m0/s1. The molecule has 3 aromatic rings. The van der Waals surface area contributed by atoms with Gasteiger partial charge in [0.25, 0.3) is 5.56 Å². The SMILES string of the molecule is CCOC(=O)C1=C(C)N=c2s/c(=C\c3ccc(OC)c(O)c3)c(=O)n2[C@H]1c1ccc(OCC)cc1. The molecule has 2 heterocycles. The number of phenolic OH excluding ortho intramolecular Hbond substituents is 1. The number of carbonyl (C=O) groups is 1. The van der Waals surface area contributed by atoms with Gasteiger partial charge >= 0.3 is 5.97 Å². The van der Waals surface area contributed by atoms with Crippen LogP contribution in [0, 0.1) is 0 Å². The summed E-state index contributed by atoms with van der Waals surface area (Å²) in [5.41, 5.74) is 1.89. The Morgan fingerprint density at radius 1 is 1.17 bits per heavy atom. The van der Waals surface area contributed by atoms with Gasteiger partial charge in [-0.3, -0.25) is 9.36 Å². The van der Waals surface area contributed by atoms with Crippen molar-refractivity contribution in [3.63, 3.8) is 0 Å². The Labute approximate surface area is 206 Å². The minimum absolute atomic E-state index is 0.0262. The number of methoxy groups -OCH3 is 1. The maximum Gasteiger partial charge on any atom is 0.338 e. The second-order valence-corrected chi connectivity index (χ2v) is 8.74. The summed E-state index contributed by atoms with van der Waals surface area (Å²) in [4.78, 5) is 31.6. The highest BCUT2D eigenvalue weighted by Crippen LogP contribution is 2.32. The highest BCUT2D eigenvalue weighted by molar-refractivity contribution is 7.07. The number of benzene rings is 2. The van der Waals surface area contributed by atoms with Crippen molar-refractivity contribution in [2.24, 2.45) is 4.99 Å². The van der Waals surface area contributed by atoms with Crippen LogP contribution in [0.1, 0.15) is 37.9 Å². The van der Waals surface area contributed by atoms with Crippen molar-refractivity contribution in [3.8, 4) is 17.2 Å². The fourth-order valence-corrected chi connectivity index (χ4v) is 5.01. The van der Waals surface area contributed by atoms with Crippen molar-refractivity contribution in [1.29, 1.82) is 0 Å². The van der Waals surface area contributed by atoms with Crippen molar-refractivity contribution in [1.82, 2.24) is 4.57 Å². The van der Waals surface area contributed by atoms with E-state index < -0.39 is 12.0 Å². The van der Waals surface area contributed by atoms with E-state index in [1.165, 1.54) is 29.1 Å². The molecule has 4 rings (SSSR count). The van der Waals surface area contributed by atoms with Crippen LogP contribution < -0.4 is 24.4 Å². The fraction of sp³-hybridized carbons (Fsp3) is 0.269. The third kappa shape index (κ3) is 4.72. The number of allylic oxidation sites excluding steroid dienone is 1. The summed E-state index contributed by atoms with van der Waals surface area (Å²) < 4.78 is 17.9. The number of aromatic hydroxyl groups is 1. The first-order chi connectivity index (χ1) is 16.9. The average molecular weight is 495 g/mol. The summed E-state index contributed by atoms with van der Waals surface area (Å²) in [6.07, 6.45) is 1.68. The Balaban J connectivity index is 1.89. The van der Waals surface area contributed by atoms with Gasteiger partial charge in [0.1, 0.15) is 5.75 Å². The van der Waals surface area contributed by atoms with Crippen LogP contribution in [0.2, 0.25) is 0 Å². The number of fused-ring (bicyclic) bond motifs is 1. The zero-order valence-electron chi connectivity index (χ0n) is 19.9. The topological polar surface area (TPSA) is 99.4 Å². The van der Waals surface area contributed by atoms with Crippen LogP contribution in [0.25, 0.3) is 6.08 Å². The van der Waals surface area contributed by atoms with Gasteiger partial charge in [-0.15, -0.1) is 0 Å². The smallest absolute Gasteiger partial charge is 0.338 e. The monoisotopic (exact) mass is 494 g/mol. The summed E-state index contributed by atoms with van der Waals surface area (Å²) in [6, 6.07) is 11.5. The summed E-state index contributed by atoms with van der Waals surface area (Å²) in [5.74, 6) is 0.499. The van der Waals surface area contributed by atoms with Crippen LogP contribution in [-0.2, 0) is 9.53 Å². The maximum atomic E-state index is 13.6. The predicted octanol–water partition coefficient (Wildman–Crippen LogP) is 2.91. The summed E-state index contributed by atoms with van der Waals surface area (Å²) >= 11 is 1.22. The quantitative estimate of drug-likeness (QED) is 0.507. The van der Waals surface area contributed by atoms with E-state index in [0.717, 1.165) is 5.56 Å². The Kier molecular flexibility index (Phi) is 7.07. The molecule has 8 nitrogen and oxygen atoms in total. The lowest BCUT2D eigenvalue weighted by Crippen LogP contribution is -2.39. The number of thiazole rings is 1. The molecule has 1 atom stereocenters. The van der Waals surface area contributed by atoms with Gasteiger partial charge in [-0.05, 0) is 62.2 Å². The Bertz CT molecular complexity index is 1470. The predicted molar refractivity (Wildman–Crippen MR) is 133 cm³/mol. The van der Waals surface area contributed by atoms with Crippen molar-refractivity contribution >= 4 is 23.4 Å². The first-order valence-electron chi connectivity index (χ1n) is 11.2. The van der Waals surface area contributed by atoms with E-state index in [2.05, 4.69) is 4.99 Å². The summed E-state index contributed by atoms with van der Waals surface area (Å²) in [6.45, 7) is 6.12. The first-order valence-corrected chi connectivity index (χ1v) is 12.0. The van der Waals surface area contributed by atoms with Crippen LogP contribution in [0.5, 0.6) is 17.2 Å². The number of hydrogen-bond acceptors (Lipinski definition) is 8. The first kappa shape index (κ1) is 24.3. The van der Waals surface area contributed by atoms with Gasteiger partial charge in [-0.25, -0.2) is 9.79 Å². The molecule has 182 valence electrons. The maximum absolute atomic E-state index is 13.6. The Morgan fingerprint density at radius 3 is 2.54 bits per heavy atom.